The number of benzene rings is 1. The van der Waals surface area contributed by atoms with Crippen molar-refractivity contribution < 1.29 is 19.1 Å². The number of nitrogens with one attached hydrogen (secondary N) is 1. The third-order valence-corrected chi connectivity index (χ3v) is 4.38. The van der Waals surface area contributed by atoms with Crippen LogP contribution in [-0.4, -0.2) is 39.0 Å². The van der Waals surface area contributed by atoms with E-state index in [2.05, 4.69) is 10.3 Å². The number of nitrogens with two attached hydrogens (primary N) is 1. The SMILES string of the molecule is COC(=O)c1ccc(-n2ccnc2)cc1-n1c(N)c2c(cc1=O)C(=O)NC2=O. The Balaban J connectivity index is 2.04. The summed E-state index contributed by atoms with van der Waals surface area (Å²) in [4.78, 5) is 52.9. The Morgan fingerprint density at radius 3 is 2.64 bits per heavy atom. The second-order valence-corrected chi connectivity index (χ2v) is 5.94. The minimum absolute atomic E-state index is 0.0600. The average molecular weight is 379 g/mol. The maximum atomic E-state index is 12.7. The summed E-state index contributed by atoms with van der Waals surface area (Å²) >= 11 is 0. The number of anilines is 1. The molecule has 10 nitrogen and oxygen atoms in total. The number of nitrogen functional groups attached to an aromatic ring is 1. The van der Waals surface area contributed by atoms with Crippen molar-refractivity contribution in [3.05, 3.63) is 70.0 Å². The van der Waals surface area contributed by atoms with Gasteiger partial charge in [-0.15, -0.1) is 0 Å². The van der Waals surface area contributed by atoms with Gasteiger partial charge in [0.1, 0.15) is 5.82 Å². The number of ether oxygens (including phenoxy) is 1. The fraction of sp³-hybridized carbons (Fsp3) is 0.0556. The lowest BCUT2D eigenvalue weighted by molar-refractivity contribution is 0.0600. The van der Waals surface area contributed by atoms with Gasteiger partial charge in [-0.25, -0.2) is 9.78 Å². The van der Waals surface area contributed by atoms with E-state index >= 15 is 0 Å². The minimum atomic E-state index is -0.711. The van der Waals surface area contributed by atoms with E-state index in [4.69, 9.17) is 10.5 Å². The molecule has 28 heavy (non-hydrogen) atoms. The van der Waals surface area contributed by atoms with Crippen molar-refractivity contribution in [2.75, 3.05) is 12.8 Å². The first-order chi connectivity index (χ1) is 13.4. The first kappa shape index (κ1) is 17.2. The second-order valence-electron chi connectivity index (χ2n) is 5.94. The van der Waals surface area contributed by atoms with E-state index in [0.717, 1.165) is 10.6 Å². The number of nitrogens with zero attached hydrogens (tertiary/aromatic N) is 3. The number of aromatic nitrogens is 3. The van der Waals surface area contributed by atoms with Gasteiger partial charge in [0, 0.05) is 24.1 Å². The molecule has 0 spiro atoms. The molecule has 4 rings (SSSR count). The number of rotatable bonds is 3. The van der Waals surface area contributed by atoms with Crippen molar-refractivity contribution in [3.63, 3.8) is 0 Å². The molecule has 3 heterocycles. The van der Waals surface area contributed by atoms with Gasteiger partial charge in [-0.3, -0.25) is 24.3 Å². The normalized spacial score (nSPS) is 12.6. The quantitative estimate of drug-likeness (QED) is 0.492. The molecule has 1 aliphatic heterocycles. The molecule has 3 aromatic rings. The second kappa shape index (κ2) is 6.20. The molecule has 0 aliphatic carbocycles. The van der Waals surface area contributed by atoms with Gasteiger partial charge in [-0.1, -0.05) is 0 Å². The van der Waals surface area contributed by atoms with Crippen LogP contribution in [0.1, 0.15) is 31.1 Å². The summed E-state index contributed by atoms with van der Waals surface area (Å²) in [5, 5.41) is 2.10. The van der Waals surface area contributed by atoms with E-state index in [9.17, 15) is 19.2 Å². The first-order valence-electron chi connectivity index (χ1n) is 8.04. The van der Waals surface area contributed by atoms with E-state index in [1.807, 2.05) is 0 Å². The summed E-state index contributed by atoms with van der Waals surface area (Å²) in [5.41, 5.74) is 5.94. The van der Waals surface area contributed by atoms with Crippen LogP contribution in [0.5, 0.6) is 0 Å². The number of hydrogen-bond acceptors (Lipinski definition) is 7. The molecule has 0 fully saturated rings. The molecule has 3 N–H and O–H groups in total. The van der Waals surface area contributed by atoms with Gasteiger partial charge in [-0.2, -0.15) is 0 Å². The van der Waals surface area contributed by atoms with E-state index in [-0.39, 0.29) is 28.2 Å². The number of pyridine rings is 1. The number of hydrogen-bond donors (Lipinski definition) is 2. The highest BCUT2D eigenvalue weighted by Crippen LogP contribution is 2.26. The molecule has 2 aromatic heterocycles. The number of methoxy groups -OCH3 is 1. The highest BCUT2D eigenvalue weighted by Gasteiger charge is 2.32. The van der Waals surface area contributed by atoms with Crippen LogP contribution >= 0.6 is 0 Å². The van der Waals surface area contributed by atoms with Crippen LogP contribution in [0.25, 0.3) is 11.4 Å². The summed E-state index contributed by atoms with van der Waals surface area (Å²) in [5.74, 6) is -2.36. The van der Waals surface area contributed by atoms with E-state index in [1.54, 1.807) is 23.0 Å². The van der Waals surface area contributed by atoms with Crippen LogP contribution in [-0.2, 0) is 4.74 Å². The van der Waals surface area contributed by atoms with Crippen LogP contribution in [0.4, 0.5) is 5.82 Å². The van der Waals surface area contributed by atoms with Crippen LogP contribution in [0.3, 0.4) is 0 Å². The molecule has 0 saturated carbocycles. The van der Waals surface area contributed by atoms with Crippen LogP contribution < -0.4 is 16.6 Å². The number of amides is 2. The average Bonchev–Trinajstić information content (AvgIpc) is 3.30. The molecule has 0 saturated heterocycles. The molecule has 0 radical (unpaired) electrons. The van der Waals surface area contributed by atoms with Crippen molar-refractivity contribution in [3.8, 4) is 11.4 Å². The lowest BCUT2D eigenvalue weighted by Gasteiger charge is -2.16. The fourth-order valence-electron chi connectivity index (χ4n) is 3.09. The molecular formula is C18H13N5O5. The Bertz CT molecular complexity index is 1210. The molecule has 2 amide bonds. The predicted molar refractivity (Wildman–Crippen MR) is 96.7 cm³/mol. The summed E-state index contributed by atoms with van der Waals surface area (Å²) < 4.78 is 7.46. The Morgan fingerprint density at radius 2 is 1.96 bits per heavy atom. The molecule has 1 aromatic carbocycles. The zero-order valence-corrected chi connectivity index (χ0v) is 14.5. The van der Waals surface area contributed by atoms with E-state index in [1.165, 1.54) is 25.6 Å². The summed E-state index contributed by atoms with van der Waals surface area (Å²) in [6.07, 6.45) is 4.79. The number of imide groups is 1. The Morgan fingerprint density at radius 1 is 1.18 bits per heavy atom. The highest BCUT2D eigenvalue weighted by molar-refractivity contribution is 6.23. The van der Waals surface area contributed by atoms with Crippen molar-refractivity contribution >= 4 is 23.6 Å². The van der Waals surface area contributed by atoms with Gasteiger partial charge in [0.25, 0.3) is 17.4 Å². The molecule has 0 atom stereocenters. The lowest BCUT2D eigenvalue weighted by atomic mass is 10.1. The summed E-state index contributed by atoms with van der Waals surface area (Å²) in [6.45, 7) is 0. The lowest BCUT2D eigenvalue weighted by Crippen LogP contribution is -2.26. The third-order valence-electron chi connectivity index (χ3n) is 4.38. The Kier molecular flexibility index (Phi) is 3.81. The smallest absolute Gasteiger partial charge is 0.339 e. The van der Waals surface area contributed by atoms with Gasteiger partial charge >= 0.3 is 5.97 Å². The van der Waals surface area contributed by atoms with Gasteiger partial charge in [0.05, 0.1) is 35.8 Å². The molecular weight excluding hydrogens is 366 g/mol. The minimum Gasteiger partial charge on any atom is -0.465 e. The maximum absolute atomic E-state index is 12.7. The van der Waals surface area contributed by atoms with E-state index < -0.39 is 23.3 Å². The Hall–Kier alpha value is -4.21. The first-order valence-corrected chi connectivity index (χ1v) is 8.04. The largest absolute Gasteiger partial charge is 0.465 e. The van der Waals surface area contributed by atoms with Gasteiger partial charge < -0.3 is 15.0 Å². The number of esters is 1. The number of fused-ring (bicyclic) bond motifs is 1. The predicted octanol–water partition coefficient (Wildman–Crippen LogP) is 0.276. The van der Waals surface area contributed by atoms with Crippen LogP contribution in [0.15, 0.2) is 47.8 Å². The standard InChI is InChI=1S/C18H13N5O5/c1-28-18(27)10-3-2-9(22-5-4-20-8-22)6-12(10)23-13(24)7-11-14(15(23)19)17(26)21-16(11)25/h2-8H,19H2,1H3,(H,21,25,26). The van der Waals surface area contributed by atoms with Crippen molar-refractivity contribution in [2.45, 2.75) is 0 Å². The highest BCUT2D eigenvalue weighted by atomic mass is 16.5. The number of imidazole rings is 1. The van der Waals surface area contributed by atoms with Crippen LogP contribution in [0.2, 0.25) is 0 Å². The molecule has 10 heteroatoms. The van der Waals surface area contributed by atoms with Crippen molar-refractivity contribution in [1.29, 1.82) is 0 Å². The molecule has 140 valence electrons. The van der Waals surface area contributed by atoms with E-state index in [0.29, 0.717) is 5.69 Å². The molecule has 0 bridgehead atoms. The topological polar surface area (TPSA) is 138 Å². The monoisotopic (exact) mass is 379 g/mol. The fourth-order valence-corrected chi connectivity index (χ4v) is 3.09. The van der Waals surface area contributed by atoms with Crippen LogP contribution in [0, 0.1) is 0 Å². The molecule has 0 unspecified atom stereocenters. The summed E-state index contributed by atoms with van der Waals surface area (Å²) in [7, 11) is 1.21. The van der Waals surface area contributed by atoms with Gasteiger partial charge in [0.2, 0.25) is 0 Å². The third kappa shape index (κ3) is 2.47. The Labute approximate surface area is 157 Å². The van der Waals surface area contributed by atoms with Gasteiger partial charge in [-0.05, 0) is 18.2 Å². The maximum Gasteiger partial charge on any atom is 0.339 e. The van der Waals surface area contributed by atoms with Gasteiger partial charge in [0.15, 0.2) is 0 Å². The zero-order valence-electron chi connectivity index (χ0n) is 14.5. The van der Waals surface area contributed by atoms with Crippen molar-refractivity contribution in [2.24, 2.45) is 0 Å². The summed E-state index contributed by atoms with van der Waals surface area (Å²) in [6, 6.07) is 5.66. The molecule has 1 aliphatic rings. The number of carbonyl (C=O) groups is 3. The number of carbonyl (C=O) groups excluding carboxylic acids is 3. The zero-order chi connectivity index (χ0) is 20.0. The van der Waals surface area contributed by atoms with Crippen molar-refractivity contribution in [1.82, 2.24) is 19.4 Å².